The highest BCUT2D eigenvalue weighted by Crippen LogP contribution is 2.43. The molecule has 1 N–H and O–H groups in total. The summed E-state index contributed by atoms with van der Waals surface area (Å²) in [6.45, 7) is 18.6. The molecule has 2 aromatic heterocycles. The average Bonchev–Trinajstić information content (AvgIpc) is 3.43. The summed E-state index contributed by atoms with van der Waals surface area (Å²) in [5, 5.41) is 3.36. The zero-order valence-corrected chi connectivity index (χ0v) is 24.4. The Morgan fingerprint density at radius 1 is 1.05 bits per heavy atom. The third-order valence-corrected chi connectivity index (χ3v) is 7.67. The van der Waals surface area contributed by atoms with Crippen LogP contribution in [0.5, 0.6) is 5.75 Å². The van der Waals surface area contributed by atoms with Gasteiger partial charge in [-0.1, -0.05) is 38.0 Å². The van der Waals surface area contributed by atoms with Crippen LogP contribution in [0.3, 0.4) is 0 Å². The Morgan fingerprint density at radius 3 is 2.15 bits per heavy atom. The number of aromatic nitrogens is 3. The third kappa shape index (κ3) is 6.15. The molecule has 1 fully saturated rings. The highest BCUT2D eigenvalue weighted by Gasteiger charge is 2.36. The summed E-state index contributed by atoms with van der Waals surface area (Å²) >= 11 is 0. The normalized spacial score (nSPS) is 20.9. The molecule has 0 bridgehead atoms. The highest BCUT2D eigenvalue weighted by atomic mass is 16.5. The summed E-state index contributed by atoms with van der Waals surface area (Å²) in [6, 6.07) is 6.20. The molecule has 0 aliphatic heterocycles. The molecule has 1 aromatic carbocycles. The molecule has 2 atom stereocenters. The highest BCUT2D eigenvalue weighted by molar-refractivity contribution is 5.79. The number of rotatable bonds is 9. The smallest absolute Gasteiger partial charge is 0.319 e. The van der Waals surface area contributed by atoms with E-state index in [-0.39, 0.29) is 25.7 Å². The van der Waals surface area contributed by atoms with Crippen LogP contribution in [-0.2, 0) is 25.6 Å². The first-order valence-electron chi connectivity index (χ1n) is 13.7. The molecule has 0 amide bonds. The van der Waals surface area contributed by atoms with Crippen molar-refractivity contribution in [1.29, 1.82) is 0 Å². The van der Waals surface area contributed by atoms with E-state index in [1.54, 1.807) is 9.42 Å². The molecule has 0 spiro atoms. The van der Waals surface area contributed by atoms with Crippen LogP contribution in [0.15, 0.2) is 18.2 Å². The maximum atomic E-state index is 12.2. The van der Waals surface area contributed by atoms with Gasteiger partial charge in [-0.25, -0.2) is 14.3 Å². The van der Waals surface area contributed by atoms with E-state index in [4.69, 9.17) is 25.8 Å². The Labute approximate surface area is 235 Å². The van der Waals surface area contributed by atoms with E-state index in [2.05, 4.69) is 48.9 Å². The van der Waals surface area contributed by atoms with Gasteiger partial charge in [-0.05, 0) is 56.6 Å². The van der Waals surface area contributed by atoms with Gasteiger partial charge in [-0.2, -0.15) is 0 Å². The van der Waals surface area contributed by atoms with Crippen LogP contribution in [0.4, 0.5) is 5.69 Å². The van der Waals surface area contributed by atoms with Crippen molar-refractivity contribution in [3.8, 4) is 17.1 Å². The number of hydrogen-bond acceptors (Lipinski definition) is 7. The summed E-state index contributed by atoms with van der Waals surface area (Å²) in [5.74, 6) is 1.28. The summed E-state index contributed by atoms with van der Waals surface area (Å²) in [6.07, 6.45) is 2.03. The van der Waals surface area contributed by atoms with Crippen molar-refractivity contribution in [2.75, 3.05) is 27.3 Å². The molecule has 10 nitrogen and oxygen atoms in total. The Kier molecular flexibility index (Phi) is 8.84. The fourth-order valence-electron chi connectivity index (χ4n) is 6.08. The van der Waals surface area contributed by atoms with Gasteiger partial charge in [0.05, 0.1) is 39.6 Å². The van der Waals surface area contributed by atoms with Gasteiger partial charge in [0.1, 0.15) is 6.10 Å². The van der Waals surface area contributed by atoms with E-state index < -0.39 is 11.9 Å². The lowest BCUT2D eigenvalue weighted by atomic mass is 9.75. The van der Waals surface area contributed by atoms with Gasteiger partial charge in [-0.15, -0.1) is 0 Å². The molecule has 40 heavy (non-hydrogen) atoms. The standard InChI is InChI=1S/C30H39N5O5/c1-17-9-18(2)13-22(12-17)29-32-30-28(40-27-20(4)10-19(3)11-21(27)5)26(31-6)23(35(30)33-29)14-34(15-24(36)38-7)16-25(37)39-8/h9,12-13,19-21,27H,10-11,14-16H2,1-5,7-8H3,(H,32,33). The van der Waals surface area contributed by atoms with E-state index in [1.807, 2.05) is 13.8 Å². The second-order valence-corrected chi connectivity index (χ2v) is 11.3. The number of ether oxygens (including phenoxy) is 3. The first-order chi connectivity index (χ1) is 19.0. The van der Waals surface area contributed by atoms with Gasteiger partial charge in [0.15, 0.2) is 17.2 Å². The molecule has 1 aliphatic carbocycles. The van der Waals surface area contributed by atoms with Crippen molar-refractivity contribution < 1.29 is 23.8 Å². The van der Waals surface area contributed by atoms with Crippen molar-refractivity contribution in [1.82, 2.24) is 19.5 Å². The number of aryl methyl sites for hydroxylation is 2. The minimum atomic E-state index is -0.503. The molecular weight excluding hydrogens is 510 g/mol. The first-order valence-corrected chi connectivity index (χ1v) is 13.7. The van der Waals surface area contributed by atoms with Gasteiger partial charge in [0, 0.05) is 12.1 Å². The van der Waals surface area contributed by atoms with Crippen LogP contribution in [0.2, 0.25) is 0 Å². The number of methoxy groups -OCH3 is 2. The van der Waals surface area contributed by atoms with E-state index in [9.17, 15) is 9.59 Å². The number of benzene rings is 1. The minimum absolute atomic E-state index is 0.0710. The Hall–Kier alpha value is -3.84. The molecule has 4 rings (SSSR count). The maximum absolute atomic E-state index is 12.2. The first kappa shape index (κ1) is 29.2. The fraction of sp³-hybridized carbons (Fsp3) is 0.533. The lowest BCUT2D eigenvalue weighted by Gasteiger charge is -2.37. The summed E-state index contributed by atoms with van der Waals surface area (Å²) in [4.78, 5) is 34.8. The van der Waals surface area contributed by atoms with Crippen LogP contribution in [-0.4, -0.2) is 64.8 Å². The van der Waals surface area contributed by atoms with Gasteiger partial charge in [0.2, 0.25) is 0 Å². The van der Waals surface area contributed by atoms with E-state index in [0.29, 0.717) is 46.4 Å². The van der Waals surface area contributed by atoms with E-state index in [0.717, 1.165) is 29.5 Å². The summed E-state index contributed by atoms with van der Waals surface area (Å²) in [7, 11) is 2.59. The minimum Gasteiger partial charge on any atom is -0.497 e. The average molecular weight is 550 g/mol. The van der Waals surface area contributed by atoms with Crippen molar-refractivity contribution >= 4 is 23.3 Å². The Balaban J connectivity index is 1.85. The Morgan fingerprint density at radius 2 is 1.62 bits per heavy atom. The quantitative estimate of drug-likeness (QED) is 0.293. The third-order valence-electron chi connectivity index (χ3n) is 7.67. The van der Waals surface area contributed by atoms with E-state index >= 15 is 0 Å². The zero-order valence-electron chi connectivity index (χ0n) is 24.4. The van der Waals surface area contributed by atoms with Crippen LogP contribution in [0.1, 0.15) is 50.4 Å². The van der Waals surface area contributed by atoms with Gasteiger partial charge < -0.3 is 14.2 Å². The van der Waals surface area contributed by atoms with Crippen molar-refractivity contribution in [3.05, 3.63) is 46.4 Å². The molecule has 0 radical (unpaired) electrons. The van der Waals surface area contributed by atoms with Gasteiger partial charge >= 0.3 is 11.9 Å². The molecule has 2 heterocycles. The Bertz CT molecular complexity index is 1380. The number of fused-ring (bicyclic) bond motifs is 1. The molecule has 2 unspecified atom stereocenters. The van der Waals surface area contributed by atoms with Crippen molar-refractivity contribution in [2.45, 2.75) is 60.1 Å². The number of H-pyrrole nitrogens is 1. The van der Waals surface area contributed by atoms with Crippen LogP contribution in [0, 0.1) is 38.2 Å². The predicted molar refractivity (Wildman–Crippen MR) is 151 cm³/mol. The number of nitrogens with one attached hydrogen (secondary N) is 1. The molecule has 10 heteroatoms. The van der Waals surface area contributed by atoms with Gasteiger partial charge in [0.25, 0.3) is 5.69 Å². The molecule has 1 aliphatic rings. The number of esters is 2. The van der Waals surface area contributed by atoms with Gasteiger partial charge in [-0.3, -0.25) is 19.6 Å². The van der Waals surface area contributed by atoms with Crippen molar-refractivity contribution in [3.63, 3.8) is 0 Å². The number of hydrogen-bond donors (Lipinski definition) is 1. The number of aromatic amines is 1. The monoisotopic (exact) mass is 549 g/mol. The van der Waals surface area contributed by atoms with E-state index in [1.165, 1.54) is 14.2 Å². The van der Waals surface area contributed by atoms with Crippen LogP contribution < -0.4 is 4.74 Å². The SMILES string of the molecule is [C-]#[N+]c1c(OC2C(C)CC(C)CC2C)c2nc(-c3cc(C)cc(C)c3)[nH]n2c1CN(CC(=O)OC)CC(=O)OC. The van der Waals surface area contributed by atoms with Crippen LogP contribution in [0.25, 0.3) is 21.9 Å². The molecule has 0 saturated heterocycles. The maximum Gasteiger partial charge on any atom is 0.319 e. The predicted octanol–water partition coefficient (Wildman–Crippen LogP) is 5.09. The van der Waals surface area contributed by atoms with Crippen molar-refractivity contribution in [2.24, 2.45) is 17.8 Å². The second-order valence-electron chi connectivity index (χ2n) is 11.3. The lowest BCUT2D eigenvalue weighted by Crippen LogP contribution is -2.38. The lowest BCUT2D eigenvalue weighted by molar-refractivity contribution is -0.145. The van der Waals surface area contributed by atoms with Crippen LogP contribution >= 0.6 is 0 Å². The largest absolute Gasteiger partial charge is 0.497 e. The fourth-order valence-corrected chi connectivity index (χ4v) is 6.08. The summed E-state index contributed by atoms with van der Waals surface area (Å²) < 4.78 is 18.2. The summed E-state index contributed by atoms with van der Waals surface area (Å²) in [5.41, 5.74) is 4.48. The molecule has 1 saturated carbocycles. The molecule has 214 valence electrons. The number of carbonyl (C=O) groups excluding carboxylic acids is 2. The molecular formula is C30H39N5O5. The zero-order chi connectivity index (χ0) is 29.1. The number of carbonyl (C=O) groups is 2. The second kappa shape index (κ2) is 12.1. The number of nitrogens with zero attached hydrogens (tertiary/aromatic N) is 4. The topological polar surface area (TPSA) is 103 Å². The molecule has 3 aromatic rings.